The van der Waals surface area contributed by atoms with Crippen LogP contribution in [-0.4, -0.2) is 11.2 Å². The third-order valence-electron chi connectivity index (χ3n) is 1.91. The lowest BCUT2D eigenvalue weighted by Crippen LogP contribution is -2.43. The number of halogens is 2. The van der Waals surface area contributed by atoms with E-state index in [2.05, 4.69) is 12.6 Å². The molecule has 9 heavy (non-hydrogen) atoms. The van der Waals surface area contributed by atoms with Crippen molar-refractivity contribution < 1.29 is 8.78 Å². The highest BCUT2D eigenvalue weighted by Crippen LogP contribution is 2.46. The molecule has 0 heterocycles. The molecule has 1 aliphatic carbocycles. The second kappa shape index (κ2) is 2.11. The first-order chi connectivity index (χ1) is 4.04. The maximum absolute atomic E-state index is 12.4. The van der Waals surface area contributed by atoms with Gasteiger partial charge in [-0.3, -0.25) is 0 Å². The number of thiol groups is 1. The van der Waals surface area contributed by atoms with E-state index < -0.39 is 11.8 Å². The van der Waals surface area contributed by atoms with Crippen molar-refractivity contribution in [3.8, 4) is 0 Å². The van der Waals surface area contributed by atoms with E-state index in [1.807, 2.05) is 0 Å². The Morgan fingerprint density at radius 3 is 2.22 bits per heavy atom. The van der Waals surface area contributed by atoms with Crippen LogP contribution in [0.15, 0.2) is 0 Å². The molecule has 0 amide bonds. The highest BCUT2D eigenvalue weighted by molar-refractivity contribution is 7.80. The van der Waals surface area contributed by atoms with Crippen molar-refractivity contribution in [2.45, 2.75) is 30.9 Å². The van der Waals surface area contributed by atoms with Gasteiger partial charge in [0.05, 0.1) is 0 Å². The molecule has 3 heteroatoms. The zero-order valence-corrected chi connectivity index (χ0v) is 6.17. The largest absolute Gasteiger partial charge is 0.251 e. The molecular weight excluding hydrogens is 142 g/mol. The van der Waals surface area contributed by atoms with Crippen LogP contribution < -0.4 is 0 Å². The van der Waals surface area contributed by atoms with Crippen molar-refractivity contribution >= 4 is 12.6 Å². The molecule has 1 saturated carbocycles. The van der Waals surface area contributed by atoms with E-state index in [0.717, 1.165) is 0 Å². The molecule has 1 aliphatic rings. The van der Waals surface area contributed by atoms with Crippen LogP contribution in [0.25, 0.3) is 0 Å². The zero-order chi connectivity index (χ0) is 7.07. The molecule has 2 atom stereocenters. The minimum Gasteiger partial charge on any atom is -0.207 e. The second-order valence-corrected chi connectivity index (χ2v) is 3.46. The normalized spacial score (nSPS) is 35.3. The first kappa shape index (κ1) is 7.32. The van der Waals surface area contributed by atoms with Crippen LogP contribution in [0.4, 0.5) is 8.78 Å². The maximum Gasteiger partial charge on any atom is 0.251 e. The van der Waals surface area contributed by atoms with Crippen molar-refractivity contribution in [3.05, 3.63) is 0 Å². The van der Waals surface area contributed by atoms with E-state index in [-0.39, 0.29) is 11.7 Å². The van der Waals surface area contributed by atoms with Crippen LogP contribution in [-0.2, 0) is 0 Å². The van der Waals surface area contributed by atoms with Crippen molar-refractivity contribution in [2.75, 3.05) is 0 Å². The molecule has 54 valence electrons. The van der Waals surface area contributed by atoms with Gasteiger partial charge in [-0.15, -0.1) is 0 Å². The van der Waals surface area contributed by atoms with Crippen LogP contribution in [0, 0.1) is 5.92 Å². The molecule has 0 aromatic rings. The number of hydrogen-bond donors (Lipinski definition) is 1. The quantitative estimate of drug-likeness (QED) is 0.548. The van der Waals surface area contributed by atoms with Gasteiger partial charge >= 0.3 is 0 Å². The van der Waals surface area contributed by atoms with Gasteiger partial charge in [0.2, 0.25) is 0 Å². The van der Waals surface area contributed by atoms with Gasteiger partial charge in [0.1, 0.15) is 0 Å². The Bertz CT molecular complexity index is 112. The standard InChI is InChI=1S/C6H10F2S/c1-4(9)5-2-3-6(5,7)8/h4-5,9H,2-3H2,1H3. The minimum atomic E-state index is -2.42. The molecule has 0 radical (unpaired) electrons. The van der Waals surface area contributed by atoms with Gasteiger partial charge in [-0.1, -0.05) is 6.92 Å². The molecule has 0 aliphatic heterocycles. The van der Waals surface area contributed by atoms with Crippen LogP contribution >= 0.6 is 12.6 Å². The molecule has 2 unspecified atom stereocenters. The maximum atomic E-state index is 12.4. The monoisotopic (exact) mass is 152 g/mol. The second-order valence-electron chi connectivity index (χ2n) is 2.65. The molecule has 0 aromatic carbocycles. The fraction of sp³-hybridized carbons (Fsp3) is 1.00. The average molecular weight is 152 g/mol. The molecule has 1 rings (SSSR count). The summed E-state index contributed by atoms with van der Waals surface area (Å²) in [6.07, 6.45) is 0.695. The SMILES string of the molecule is CC(S)C1CCC1(F)F. The lowest BCUT2D eigenvalue weighted by atomic mass is 9.79. The summed E-state index contributed by atoms with van der Waals surface area (Å²) in [7, 11) is 0. The first-order valence-electron chi connectivity index (χ1n) is 3.10. The predicted octanol–water partition coefficient (Wildman–Crippen LogP) is 2.35. The van der Waals surface area contributed by atoms with Crippen molar-refractivity contribution in [2.24, 2.45) is 5.92 Å². The molecule has 1 fully saturated rings. The average Bonchev–Trinajstić information content (AvgIpc) is 1.62. The van der Waals surface area contributed by atoms with Gasteiger partial charge in [-0.25, -0.2) is 8.78 Å². The van der Waals surface area contributed by atoms with Crippen LogP contribution in [0.1, 0.15) is 19.8 Å². The van der Waals surface area contributed by atoms with Gasteiger partial charge in [-0.2, -0.15) is 12.6 Å². The smallest absolute Gasteiger partial charge is 0.207 e. The Morgan fingerprint density at radius 1 is 1.67 bits per heavy atom. The van der Waals surface area contributed by atoms with Gasteiger partial charge in [-0.05, 0) is 6.42 Å². The van der Waals surface area contributed by atoms with E-state index in [9.17, 15) is 8.78 Å². The zero-order valence-electron chi connectivity index (χ0n) is 5.27. The van der Waals surface area contributed by atoms with Crippen molar-refractivity contribution in [1.29, 1.82) is 0 Å². The summed E-state index contributed by atoms with van der Waals surface area (Å²) in [6, 6.07) is 0. The first-order valence-corrected chi connectivity index (χ1v) is 3.61. The molecule has 0 nitrogen and oxygen atoms in total. The van der Waals surface area contributed by atoms with Gasteiger partial charge in [0, 0.05) is 17.6 Å². The van der Waals surface area contributed by atoms with Gasteiger partial charge in [0.15, 0.2) is 0 Å². The molecule has 0 aromatic heterocycles. The predicted molar refractivity (Wildman–Crippen MR) is 36.1 cm³/mol. The number of rotatable bonds is 1. The fourth-order valence-electron chi connectivity index (χ4n) is 1.12. The molecule has 0 spiro atoms. The van der Waals surface area contributed by atoms with E-state index in [0.29, 0.717) is 6.42 Å². The molecule has 0 saturated heterocycles. The summed E-state index contributed by atoms with van der Waals surface area (Å²) in [5, 5.41) is -0.159. The molecule has 0 N–H and O–H groups in total. The van der Waals surface area contributed by atoms with E-state index in [1.165, 1.54) is 0 Å². The number of hydrogen-bond acceptors (Lipinski definition) is 1. The summed E-state index contributed by atoms with van der Waals surface area (Å²) in [5.74, 6) is -2.89. The Balaban J connectivity index is 2.45. The van der Waals surface area contributed by atoms with Gasteiger partial charge < -0.3 is 0 Å². The third kappa shape index (κ3) is 1.20. The lowest BCUT2D eigenvalue weighted by Gasteiger charge is -2.38. The number of alkyl halides is 2. The van der Waals surface area contributed by atoms with E-state index >= 15 is 0 Å². The Kier molecular flexibility index (Phi) is 1.72. The van der Waals surface area contributed by atoms with E-state index in [4.69, 9.17) is 0 Å². The minimum absolute atomic E-state index is 0.0581. The van der Waals surface area contributed by atoms with E-state index in [1.54, 1.807) is 6.92 Å². The summed E-state index contributed by atoms with van der Waals surface area (Å²) < 4.78 is 24.8. The van der Waals surface area contributed by atoms with Crippen LogP contribution in [0.3, 0.4) is 0 Å². The summed E-state index contributed by atoms with van der Waals surface area (Å²) in [6.45, 7) is 1.72. The van der Waals surface area contributed by atoms with Crippen molar-refractivity contribution in [3.63, 3.8) is 0 Å². The summed E-state index contributed by atoms with van der Waals surface area (Å²) >= 11 is 3.96. The topological polar surface area (TPSA) is 0 Å². The Hall–Kier alpha value is 0.210. The highest BCUT2D eigenvalue weighted by Gasteiger charge is 2.49. The summed E-state index contributed by atoms with van der Waals surface area (Å²) in [4.78, 5) is 0. The summed E-state index contributed by atoms with van der Waals surface area (Å²) in [5.41, 5.74) is 0. The lowest BCUT2D eigenvalue weighted by molar-refractivity contribution is -0.130. The Morgan fingerprint density at radius 2 is 2.22 bits per heavy atom. The van der Waals surface area contributed by atoms with Crippen LogP contribution in [0.2, 0.25) is 0 Å². The van der Waals surface area contributed by atoms with Crippen LogP contribution in [0.5, 0.6) is 0 Å². The molecule has 0 bridgehead atoms. The van der Waals surface area contributed by atoms with Crippen molar-refractivity contribution in [1.82, 2.24) is 0 Å². The third-order valence-corrected chi connectivity index (χ3v) is 2.27. The highest BCUT2D eigenvalue weighted by atomic mass is 32.1. The Labute approximate surface area is 59.0 Å². The fourth-order valence-corrected chi connectivity index (χ4v) is 1.49. The molecular formula is C6H10F2S. The van der Waals surface area contributed by atoms with Gasteiger partial charge in [0.25, 0.3) is 5.92 Å².